The zero-order valence-corrected chi connectivity index (χ0v) is 16.6. The molecule has 4 atom stereocenters. The van der Waals surface area contributed by atoms with E-state index in [0.29, 0.717) is 23.4 Å². The van der Waals surface area contributed by atoms with E-state index in [1.807, 2.05) is 0 Å². The van der Waals surface area contributed by atoms with Crippen LogP contribution in [-0.2, 0) is 9.47 Å². The van der Waals surface area contributed by atoms with Gasteiger partial charge in [-0.25, -0.2) is 0 Å². The van der Waals surface area contributed by atoms with E-state index in [9.17, 15) is 0 Å². The number of piperidine rings is 1. The van der Waals surface area contributed by atoms with E-state index in [0.717, 1.165) is 13.2 Å². The number of quaternary nitrogens is 1. The number of nitrogens with one attached hydrogen (secondary N) is 1. The summed E-state index contributed by atoms with van der Waals surface area (Å²) in [7, 11) is 0. The Bertz CT molecular complexity index is 506. The van der Waals surface area contributed by atoms with Crippen LogP contribution in [0, 0.1) is 17.3 Å². The highest BCUT2D eigenvalue weighted by molar-refractivity contribution is 5.27. The molecule has 0 bridgehead atoms. The van der Waals surface area contributed by atoms with Crippen LogP contribution in [0.5, 0.6) is 0 Å². The lowest BCUT2D eigenvalue weighted by Gasteiger charge is -2.44. The molecule has 3 heteroatoms. The zero-order valence-electron chi connectivity index (χ0n) is 16.6. The van der Waals surface area contributed by atoms with Gasteiger partial charge >= 0.3 is 0 Å². The van der Waals surface area contributed by atoms with E-state index in [1.54, 1.807) is 16.0 Å². The molecule has 1 N–H and O–H groups in total. The van der Waals surface area contributed by atoms with Crippen molar-refractivity contribution in [2.24, 2.45) is 17.3 Å². The summed E-state index contributed by atoms with van der Waals surface area (Å²) in [6.07, 6.45) is 11.1. The molecule has 142 valence electrons. The number of rotatable bonds is 3. The molecule has 2 heterocycles. The van der Waals surface area contributed by atoms with Gasteiger partial charge in [-0.1, -0.05) is 31.9 Å². The van der Waals surface area contributed by atoms with Gasteiger partial charge in [0.15, 0.2) is 6.29 Å². The standard InChI is InChI=1S/C22H37NO2/c1-16-12-17-8-7-9-22(2,3)20(17)13-19(16)21-24-15-18(25-21)14-23-10-5-4-6-11-23/h16,18-19,21H,4-15H2,1-3H3/p+1/t16-,18-,19+,21+/m0/s1. The first-order valence-electron chi connectivity index (χ1n) is 10.8. The van der Waals surface area contributed by atoms with Crippen LogP contribution in [-0.4, -0.2) is 38.6 Å². The fourth-order valence-electron chi connectivity index (χ4n) is 5.89. The van der Waals surface area contributed by atoms with Crippen LogP contribution in [0.15, 0.2) is 11.1 Å². The van der Waals surface area contributed by atoms with Crippen LogP contribution in [0.2, 0.25) is 0 Å². The van der Waals surface area contributed by atoms with Crippen molar-refractivity contribution in [3.8, 4) is 0 Å². The van der Waals surface area contributed by atoms with Gasteiger partial charge in [0.1, 0.15) is 12.6 Å². The van der Waals surface area contributed by atoms with Crippen LogP contribution < -0.4 is 4.90 Å². The lowest BCUT2D eigenvalue weighted by molar-refractivity contribution is -0.907. The third-order valence-electron chi connectivity index (χ3n) is 7.46. The third kappa shape index (κ3) is 3.84. The average molecular weight is 349 g/mol. The number of hydrogen-bond acceptors (Lipinski definition) is 2. The number of allylic oxidation sites excluding steroid dienone is 2. The predicted octanol–water partition coefficient (Wildman–Crippen LogP) is 3.35. The van der Waals surface area contributed by atoms with Crippen LogP contribution in [0.1, 0.15) is 72.1 Å². The highest BCUT2D eigenvalue weighted by Crippen LogP contribution is 2.50. The molecule has 2 aliphatic carbocycles. The van der Waals surface area contributed by atoms with E-state index in [2.05, 4.69) is 20.8 Å². The molecular formula is C22H38NO2+. The fourth-order valence-corrected chi connectivity index (χ4v) is 5.89. The Morgan fingerprint density at radius 3 is 2.68 bits per heavy atom. The third-order valence-corrected chi connectivity index (χ3v) is 7.46. The van der Waals surface area contributed by atoms with Gasteiger partial charge in [0.2, 0.25) is 0 Å². The van der Waals surface area contributed by atoms with E-state index in [-0.39, 0.29) is 6.29 Å². The SMILES string of the molecule is C[C@H]1CC2=C(C[C@H]1[C@@H]1OC[C@H](C[NH+]3CCCCC3)O1)C(C)(C)CCC2. The van der Waals surface area contributed by atoms with E-state index < -0.39 is 0 Å². The van der Waals surface area contributed by atoms with Crippen molar-refractivity contribution in [2.75, 3.05) is 26.2 Å². The molecule has 0 aromatic rings. The molecule has 0 saturated carbocycles. The monoisotopic (exact) mass is 348 g/mol. The molecule has 2 aliphatic heterocycles. The molecule has 0 unspecified atom stereocenters. The lowest BCUT2D eigenvalue weighted by atomic mass is 9.63. The maximum absolute atomic E-state index is 6.46. The zero-order chi connectivity index (χ0) is 17.4. The molecule has 0 spiro atoms. The minimum absolute atomic E-state index is 0.0379. The van der Waals surface area contributed by atoms with E-state index in [1.165, 1.54) is 64.5 Å². The van der Waals surface area contributed by atoms with E-state index in [4.69, 9.17) is 9.47 Å². The summed E-state index contributed by atoms with van der Waals surface area (Å²) in [5, 5.41) is 0. The molecule has 3 nitrogen and oxygen atoms in total. The Morgan fingerprint density at radius 1 is 1.08 bits per heavy atom. The smallest absolute Gasteiger partial charge is 0.161 e. The van der Waals surface area contributed by atoms with Crippen molar-refractivity contribution >= 4 is 0 Å². The molecular weight excluding hydrogens is 310 g/mol. The maximum Gasteiger partial charge on any atom is 0.161 e. The summed E-state index contributed by atoms with van der Waals surface area (Å²) < 4.78 is 12.7. The number of hydrogen-bond donors (Lipinski definition) is 1. The molecule has 4 rings (SSSR count). The molecule has 0 radical (unpaired) electrons. The summed E-state index contributed by atoms with van der Waals surface area (Å²) in [4.78, 5) is 1.73. The fraction of sp³-hybridized carbons (Fsp3) is 0.909. The van der Waals surface area contributed by atoms with Crippen molar-refractivity contribution in [2.45, 2.75) is 84.5 Å². The van der Waals surface area contributed by atoms with Crippen molar-refractivity contribution in [3.63, 3.8) is 0 Å². The molecule has 0 aromatic heterocycles. The molecule has 2 saturated heterocycles. The highest BCUT2D eigenvalue weighted by atomic mass is 16.7. The van der Waals surface area contributed by atoms with E-state index >= 15 is 0 Å². The molecule has 0 amide bonds. The highest BCUT2D eigenvalue weighted by Gasteiger charge is 2.43. The Kier molecular flexibility index (Phi) is 5.28. The Hall–Kier alpha value is -0.380. The minimum Gasteiger partial charge on any atom is -0.349 e. The van der Waals surface area contributed by atoms with Crippen molar-refractivity contribution in [3.05, 3.63) is 11.1 Å². The Labute approximate surface area is 154 Å². The molecule has 25 heavy (non-hydrogen) atoms. The van der Waals surface area contributed by atoms with Gasteiger partial charge in [-0.15, -0.1) is 0 Å². The maximum atomic E-state index is 6.46. The number of ether oxygens (including phenoxy) is 2. The van der Waals surface area contributed by atoms with Gasteiger partial charge in [0, 0.05) is 5.92 Å². The van der Waals surface area contributed by atoms with Crippen LogP contribution in [0.3, 0.4) is 0 Å². The lowest BCUT2D eigenvalue weighted by Crippen LogP contribution is -3.13. The average Bonchev–Trinajstić information content (AvgIpc) is 3.03. The van der Waals surface area contributed by atoms with Gasteiger partial charge in [0.25, 0.3) is 0 Å². The van der Waals surface area contributed by atoms with Gasteiger partial charge in [0.05, 0.1) is 19.7 Å². The van der Waals surface area contributed by atoms with Crippen LogP contribution >= 0.6 is 0 Å². The summed E-state index contributed by atoms with van der Waals surface area (Å²) in [6, 6.07) is 0. The van der Waals surface area contributed by atoms with Crippen molar-refractivity contribution < 1.29 is 14.4 Å². The second-order valence-electron chi connectivity index (χ2n) is 9.84. The molecule has 0 aromatic carbocycles. The Balaban J connectivity index is 1.38. The first-order valence-corrected chi connectivity index (χ1v) is 10.8. The van der Waals surface area contributed by atoms with Gasteiger partial charge in [-0.05, 0) is 62.7 Å². The molecule has 2 fully saturated rings. The minimum atomic E-state index is 0.0379. The predicted molar refractivity (Wildman–Crippen MR) is 101 cm³/mol. The van der Waals surface area contributed by atoms with Gasteiger partial charge in [-0.2, -0.15) is 0 Å². The summed E-state index contributed by atoms with van der Waals surface area (Å²) in [5.74, 6) is 1.25. The van der Waals surface area contributed by atoms with Crippen LogP contribution in [0.25, 0.3) is 0 Å². The van der Waals surface area contributed by atoms with Gasteiger partial charge in [-0.3, -0.25) is 0 Å². The largest absolute Gasteiger partial charge is 0.349 e. The normalized spacial score (nSPS) is 39.5. The first kappa shape index (κ1) is 18.0. The first-order chi connectivity index (χ1) is 12.0. The second kappa shape index (κ2) is 7.32. The van der Waals surface area contributed by atoms with Crippen molar-refractivity contribution in [1.29, 1.82) is 0 Å². The molecule has 4 aliphatic rings. The quantitative estimate of drug-likeness (QED) is 0.791. The summed E-state index contributed by atoms with van der Waals surface area (Å²) >= 11 is 0. The summed E-state index contributed by atoms with van der Waals surface area (Å²) in [6.45, 7) is 11.9. The summed E-state index contributed by atoms with van der Waals surface area (Å²) in [5.41, 5.74) is 3.91. The second-order valence-corrected chi connectivity index (χ2v) is 9.84. The topological polar surface area (TPSA) is 22.9 Å². The van der Waals surface area contributed by atoms with Crippen molar-refractivity contribution in [1.82, 2.24) is 0 Å². The Morgan fingerprint density at radius 2 is 1.88 bits per heavy atom. The number of likely N-dealkylation sites (tertiary alicyclic amines) is 1. The van der Waals surface area contributed by atoms with Gasteiger partial charge < -0.3 is 14.4 Å². The van der Waals surface area contributed by atoms with Crippen LogP contribution in [0.4, 0.5) is 0 Å².